The van der Waals surface area contributed by atoms with Gasteiger partial charge in [0.25, 0.3) is 0 Å². The van der Waals surface area contributed by atoms with Crippen molar-refractivity contribution in [3.63, 3.8) is 0 Å². The standard InChI is InChI=1S/C7H9N3/c1-6-5-10-7(9-6)3-2-4-8-10/h2-4,6H,5H2,1H3. The molecule has 3 heteroatoms. The molecule has 1 unspecified atom stereocenters. The molecule has 0 aromatic rings. The van der Waals surface area contributed by atoms with Gasteiger partial charge in [0.2, 0.25) is 0 Å². The third-order valence-corrected chi connectivity index (χ3v) is 1.59. The number of nitrogens with zero attached hydrogens (tertiary/aromatic N) is 3. The largest absolute Gasteiger partial charge is 0.262 e. The minimum Gasteiger partial charge on any atom is -0.262 e. The summed E-state index contributed by atoms with van der Waals surface area (Å²) in [6.45, 7) is 3.02. The summed E-state index contributed by atoms with van der Waals surface area (Å²) in [7, 11) is 0. The summed E-state index contributed by atoms with van der Waals surface area (Å²) < 4.78 is 0. The Morgan fingerprint density at radius 3 is 3.40 bits per heavy atom. The lowest BCUT2D eigenvalue weighted by molar-refractivity contribution is 0.460. The first kappa shape index (κ1) is 5.65. The Kier molecular flexibility index (Phi) is 1.09. The Bertz CT molecular complexity index is 227. The Balaban J connectivity index is 2.29. The Morgan fingerprint density at radius 1 is 1.70 bits per heavy atom. The number of allylic oxidation sites excluding steroid dienone is 1. The van der Waals surface area contributed by atoms with Crippen LogP contribution in [0.2, 0.25) is 0 Å². The van der Waals surface area contributed by atoms with Crippen molar-refractivity contribution < 1.29 is 0 Å². The molecule has 1 atom stereocenters. The topological polar surface area (TPSA) is 28.0 Å². The van der Waals surface area contributed by atoms with E-state index in [1.807, 2.05) is 17.2 Å². The van der Waals surface area contributed by atoms with Crippen LogP contribution < -0.4 is 0 Å². The maximum atomic E-state index is 4.35. The van der Waals surface area contributed by atoms with Gasteiger partial charge in [0.15, 0.2) is 0 Å². The molecule has 0 bridgehead atoms. The van der Waals surface area contributed by atoms with Crippen molar-refractivity contribution in [1.29, 1.82) is 0 Å². The summed E-state index contributed by atoms with van der Waals surface area (Å²) in [5.74, 6) is 0.995. The van der Waals surface area contributed by atoms with Gasteiger partial charge in [-0.05, 0) is 19.1 Å². The Labute approximate surface area is 59.7 Å². The minimum atomic E-state index is 0.398. The van der Waals surface area contributed by atoms with Crippen molar-refractivity contribution in [2.45, 2.75) is 13.0 Å². The van der Waals surface area contributed by atoms with Crippen LogP contribution in [0.5, 0.6) is 0 Å². The van der Waals surface area contributed by atoms with E-state index < -0.39 is 0 Å². The molecule has 52 valence electrons. The van der Waals surface area contributed by atoms with E-state index in [9.17, 15) is 0 Å². The average molecular weight is 135 g/mol. The summed E-state index contributed by atoms with van der Waals surface area (Å²) in [6, 6.07) is 0.398. The molecule has 0 saturated heterocycles. The van der Waals surface area contributed by atoms with E-state index in [0.29, 0.717) is 6.04 Å². The molecule has 2 rings (SSSR count). The molecule has 0 aromatic carbocycles. The highest BCUT2D eigenvalue weighted by Crippen LogP contribution is 2.11. The van der Waals surface area contributed by atoms with E-state index in [4.69, 9.17) is 0 Å². The smallest absolute Gasteiger partial charge is 0.144 e. The van der Waals surface area contributed by atoms with Gasteiger partial charge in [-0.3, -0.25) is 4.99 Å². The molecule has 2 aliphatic heterocycles. The lowest BCUT2D eigenvalue weighted by Gasteiger charge is -2.12. The molecular weight excluding hydrogens is 126 g/mol. The SMILES string of the molecule is CC1CN2N=CC=CC2=N1. The summed E-state index contributed by atoms with van der Waals surface area (Å²) in [5, 5.41) is 6.05. The molecule has 0 aliphatic carbocycles. The molecule has 2 aliphatic rings. The minimum absolute atomic E-state index is 0.398. The number of hydrogen-bond donors (Lipinski definition) is 0. The van der Waals surface area contributed by atoms with Crippen LogP contribution in [0.25, 0.3) is 0 Å². The first-order valence-electron chi connectivity index (χ1n) is 3.42. The molecule has 0 aromatic heterocycles. The highest BCUT2D eigenvalue weighted by Gasteiger charge is 2.19. The van der Waals surface area contributed by atoms with Crippen molar-refractivity contribution in [2.75, 3.05) is 6.54 Å². The Morgan fingerprint density at radius 2 is 2.60 bits per heavy atom. The molecule has 2 heterocycles. The fourth-order valence-electron chi connectivity index (χ4n) is 1.16. The van der Waals surface area contributed by atoms with Gasteiger partial charge in [-0.1, -0.05) is 0 Å². The number of hydrogen-bond acceptors (Lipinski definition) is 3. The van der Waals surface area contributed by atoms with E-state index in [-0.39, 0.29) is 0 Å². The lowest BCUT2D eigenvalue weighted by atomic mass is 10.4. The quantitative estimate of drug-likeness (QED) is 0.479. The van der Waals surface area contributed by atoms with E-state index in [1.54, 1.807) is 6.21 Å². The molecule has 0 amide bonds. The number of fused-ring (bicyclic) bond motifs is 1. The summed E-state index contributed by atoms with van der Waals surface area (Å²) in [6.07, 6.45) is 5.68. The van der Waals surface area contributed by atoms with Crippen LogP contribution in [0.4, 0.5) is 0 Å². The second-order valence-electron chi connectivity index (χ2n) is 2.54. The van der Waals surface area contributed by atoms with E-state index in [2.05, 4.69) is 17.0 Å². The van der Waals surface area contributed by atoms with Gasteiger partial charge >= 0.3 is 0 Å². The van der Waals surface area contributed by atoms with Gasteiger partial charge in [-0.2, -0.15) is 5.10 Å². The number of hydrazone groups is 1. The molecule has 0 saturated carbocycles. The van der Waals surface area contributed by atoms with Crippen molar-refractivity contribution in [1.82, 2.24) is 5.01 Å². The molecule has 3 nitrogen and oxygen atoms in total. The molecule has 0 fully saturated rings. The normalized spacial score (nSPS) is 28.7. The molecule has 0 spiro atoms. The van der Waals surface area contributed by atoms with Crippen molar-refractivity contribution >= 4 is 12.1 Å². The highest BCUT2D eigenvalue weighted by atomic mass is 15.5. The van der Waals surface area contributed by atoms with Crippen LogP contribution in [-0.4, -0.2) is 29.6 Å². The van der Waals surface area contributed by atoms with Gasteiger partial charge in [-0.25, -0.2) is 5.01 Å². The first-order valence-corrected chi connectivity index (χ1v) is 3.42. The summed E-state index contributed by atoms with van der Waals surface area (Å²) in [4.78, 5) is 4.35. The molecule has 0 radical (unpaired) electrons. The van der Waals surface area contributed by atoms with Gasteiger partial charge in [0, 0.05) is 6.21 Å². The molecular formula is C7H9N3. The zero-order chi connectivity index (χ0) is 6.97. The van der Waals surface area contributed by atoms with Gasteiger partial charge in [-0.15, -0.1) is 0 Å². The van der Waals surface area contributed by atoms with Crippen LogP contribution in [0.3, 0.4) is 0 Å². The van der Waals surface area contributed by atoms with Crippen LogP contribution in [0.15, 0.2) is 22.2 Å². The number of amidine groups is 1. The van der Waals surface area contributed by atoms with Gasteiger partial charge < -0.3 is 0 Å². The van der Waals surface area contributed by atoms with E-state index in [0.717, 1.165) is 12.4 Å². The Hall–Kier alpha value is -1.12. The van der Waals surface area contributed by atoms with E-state index >= 15 is 0 Å². The number of rotatable bonds is 0. The van der Waals surface area contributed by atoms with Crippen molar-refractivity contribution in [3.8, 4) is 0 Å². The first-order chi connectivity index (χ1) is 4.86. The second-order valence-corrected chi connectivity index (χ2v) is 2.54. The van der Waals surface area contributed by atoms with Crippen LogP contribution in [0, 0.1) is 0 Å². The predicted molar refractivity (Wildman–Crippen MR) is 41.2 cm³/mol. The maximum Gasteiger partial charge on any atom is 0.144 e. The maximum absolute atomic E-state index is 4.35. The third-order valence-electron chi connectivity index (χ3n) is 1.59. The third kappa shape index (κ3) is 0.744. The van der Waals surface area contributed by atoms with Gasteiger partial charge in [0.1, 0.15) is 5.84 Å². The fourth-order valence-corrected chi connectivity index (χ4v) is 1.16. The van der Waals surface area contributed by atoms with Crippen LogP contribution in [-0.2, 0) is 0 Å². The monoisotopic (exact) mass is 135 g/mol. The van der Waals surface area contributed by atoms with Crippen molar-refractivity contribution in [3.05, 3.63) is 12.2 Å². The summed E-state index contributed by atoms with van der Waals surface area (Å²) >= 11 is 0. The molecule has 0 N–H and O–H groups in total. The summed E-state index contributed by atoms with van der Waals surface area (Å²) in [5.41, 5.74) is 0. The molecule has 10 heavy (non-hydrogen) atoms. The number of aliphatic imine (C=N–C) groups is 1. The average Bonchev–Trinajstić information content (AvgIpc) is 2.27. The zero-order valence-corrected chi connectivity index (χ0v) is 5.86. The van der Waals surface area contributed by atoms with Gasteiger partial charge in [0.05, 0.1) is 12.6 Å². The zero-order valence-electron chi connectivity index (χ0n) is 5.86. The van der Waals surface area contributed by atoms with Crippen LogP contribution in [0.1, 0.15) is 6.92 Å². The predicted octanol–water partition coefficient (Wildman–Crippen LogP) is 0.645. The van der Waals surface area contributed by atoms with E-state index in [1.165, 1.54) is 0 Å². The fraction of sp³-hybridized carbons (Fsp3) is 0.429. The highest BCUT2D eigenvalue weighted by molar-refractivity contribution is 5.99. The van der Waals surface area contributed by atoms with Crippen LogP contribution >= 0.6 is 0 Å². The second kappa shape index (κ2) is 1.94. The van der Waals surface area contributed by atoms with Crippen molar-refractivity contribution in [2.24, 2.45) is 10.1 Å². The lowest BCUT2D eigenvalue weighted by Crippen LogP contribution is -2.23.